The van der Waals surface area contributed by atoms with Crippen LogP contribution in [0.3, 0.4) is 0 Å². The molecule has 3 aromatic rings. The summed E-state index contributed by atoms with van der Waals surface area (Å²) in [4.78, 5) is 56.8. The van der Waals surface area contributed by atoms with Crippen molar-refractivity contribution in [1.29, 1.82) is 0 Å². The fraction of sp³-hybridized carbons (Fsp3) is 0.281. The zero-order valence-electron chi connectivity index (χ0n) is 24.9. The van der Waals surface area contributed by atoms with Crippen molar-refractivity contribution in [2.24, 2.45) is 0 Å². The van der Waals surface area contributed by atoms with E-state index in [1.807, 2.05) is 73.7 Å². The van der Waals surface area contributed by atoms with Gasteiger partial charge in [-0.3, -0.25) is 14.4 Å². The number of carbonyl (C=O) groups excluding carboxylic acids is 3. The van der Waals surface area contributed by atoms with Crippen molar-refractivity contribution in [2.45, 2.75) is 44.9 Å². The first kappa shape index (κ1) is 36.8. The van der Waals surface area contributed by atoms with Crippen LogP contribution in [0.15, 0.2) is 78.9 Å². The van der Waals surface area contributed by atoms with Crippen LogP contribution in [0.5, 0.6) is 0 Å². The third-order valence-electron chi connectivity index (χ3n) is 6.22. The average molecular weight is 645 g/mol. The molecule has 14 heteroatoms. The Morgan fingerprint density at radius 2 is 1.41 bits per heavy atom. The summed E-state index contributed by atoms with van der Waals surface area (Å²) in [6, 6.07) is 23.9. The van der Waals surface area contributed by atoms with E-state index in [4.69, 9.17) is 9.90 Å². The summed E-state index contributed by atoms with van der Waals surface area (Å²) in [5.41, 5.74) is 4.78. The number of alkyl halides is 3. The monoisotopic (exact) mass is 644 g/mol. The molecule has 3 aromatic carbocycles. The molecule has 0 saturated heterocycles. The molecule has 0 aliphatic carbocycles. The van der Waals surface area contributed by atoms with E-state index in [0.29, 0.717) is 25.1 Å². The number of hydrogen-bond acceptors (Lipinski definition) is 5. The van der Waals surface area contributed by atoms with Gasteiger partial charge in [-0.05, 0) is 35.6 Å². The summed E-state index contributed by atoms with van der Waals surface area (Å²) >= 11 is 0. The average Bonchev–Trinajstić information content (AvgIpc) is 3.01. The van der Waals surface area contributed by atoms with Gasteiger partial charge in [-0.25, -0.2) is 9.59 Å². The minimum absolute atomic E-state index is 0.130. The van der Waals surface area contributed by atoms with Crippen molar-refractivity contribution in [3.8, 4) is 11.1 Å². The van der Waals surface area contributed by atoms with E-state index in [9.17, 15) is 37.5 Å². The van der Waals surface area contributed by atoms with Gasteiger partial charge in [0, 0.05) is 19.5 Å². The molecule has 46 heavy (non-hydrogen) atoms. The van der Waals surface area contributed by atoms with E-state index in [2.05, 4.69) is 21.3 Å². The molecule has 6 N–H and O–H groups in total. The Hall–Kier alpha value is -5.40. The van der Waals surface area contributed by atoms with Gasteiger partial charge in [-0.2, -0.15) is 13.2 Å². The zero-order valence-corrected chi connectivity index (χ0v) is 24.9. The fourth-order valence-corrected chi connectivity index (χ4v) is 4.00. The number of aryl methyl sites for hydroxylation is 1. The number of carbonyl (C=O) groups is 5. The van der Waals surface area contributed by atoms with E-state index in [1.54, 1.807) is 12.1 Å². The fourth-order valence-electron chi connectivity index (χ4n) is 4.00. The Morgan fingerprint density at radius 3 is 2.00 bits per heavy atom. The Balaban J connectivity index is 0.000000942. The number of halogens is 3. The Kier molecular flexibility index (Phi) is 14.7. The first-order valence-corrected chi connectivity index (χ1v) is 14.0. The maximum atomic E-state index is 12.4. The van der Waals surface area contributed by atoms with Crippen LogP contribution in [0.2, 0.25) is 0 Å². The standard InChI is InChI=1S/C30H34N4O5.C2HF3O2/c1-21-7-5-8-22(17-21)19-33-30(39)31-16-6-11-27(35)32-20-28(36)34-26(18-29(37)38)25-14-12-24(13-15-25)23-9-3-2-4-10-23;3-2(4,5)1(6)7/h2-5,7-10,12-15,17,26H,6,11,16,18-20H2,1H3,(H,32,35)(H,34,36)(H,37,38)(H2,31,33,39);(H,6,7). The molecule has 1 unspecified atom stereocenters. The predicted octanol–water partition coefficient (Wildman–Crippen LogP) is 4.32. The number of carboxylic acids is 2. The Bertz CT molecular complexity index is 1470. The number of aliphatic carboxylic acids is 2. The van der Waals surface area contributed by atoms with Gasteiger partial charge >= 0.3 is 24.1 Å². The second kappa shape index (κ2) is 18.4. The maximum absolute atomic E-state index is 12.4. The number of hydrogen-bond donors (Lipinski definition) is 6. The van der Waals surface area contributed by atoms with Gasteiger partial charge in [-0.1, -0.05) is 84.4 Å². The van der Waals surface area contributed by atoms with Gasteiger partial charge in [0.05, 0.1) is 19.0 Å². The quantitative estimate of drug-likeness (QED) is 0.150. The van der Waals surface area contributed by atoms with E-state index in [-0.39, 0.29) is 31.3 Å². The highest BCUT2D eigenvalue weighted by atomic mass is 19.4. The Labute approximate surface area is 263 Å². The summed E-state index contributed by atoms with van der Waals surface area (Å²) in [7, 11) is 0. The lowest BCUT2D eigenvalue weighted by Crippen LogP contribution is -2.39. The molecular formula is C32H35F3N4O7. The molecule has 11 nitrogen and oxygen atoms in total. The van der Waals surface area contributed by atoms with E-state index >= 15 is 0 Å². The lowest BCUT2D eigenvalue weighted by Gasteiger charge is -2.18. The van der Waals surface area contributed by atoms with Gasteiger partial charge in [-0.15, -0.1) is 0 Å². The highest BCUT2D eigenvalue weighted by Crippen LogP contribution is 2.23. The third kappa shape index (κ3) is 14.4. The summed E-state index contributed by atoms with van der Waals surface area (Å²) < 4.78 is 31.7. The SMILES string of the molecule is Cc1cccc(CNC(=O)NCCCC(=O)NCC(=O)NC(CC(=O)O)c2ccc(-c3ccccc3)cc2)c1.O=C(O)C(F)(F)F. The molecule has 0 aliphatic rings. The molecule has 3 rings (SSSR count). The van der Waals surface area contributed by atoms with Crippen LogP contribution in [-0.2, 0) is 25.7 Å². The largest absolute Gasteiger partial charge is 0.490 e. The molecule has 1 atom stereocenters. The van der Waals surface area contributed by atoms with Gasteiger partial charge in [0.15, 0.2) is 0 Å². The van der Waals surface area contributed by atoms with Crippen LogP contribution in [0, 0.1) is 6.92 Å². The second-order valence-corrected chi connectivity index (χ2v) is 9.99. The smallest absolute Gasteiger partial charge is 0.481 e. The second-order valence-electron chi connectivity index (χ2n) is 9.99. The number of rotatable bonds is 13. The first-order chi connectivity index (χ1) is 21.7. The van der Waals surface area contributed by atoms with Crippen molar-refractivity contribution in [1.82, 2.24) is 21.3 Å². The minimum Gasteiger partial charge on any atom is -0.481 e. The first-order valence-electron chi connectivity index (χ1n) is 14.0. The van der Waals surface area contributed by atoms with Gasteiger partial charge in [0.1, 0.15) is 0 Å². The number of nitrogens with one attached hydrogen (secondary N) is 4. The molecule has 0 radical (unpaired) electrons. The number of benzene rings is 3. The maximum Gasteiger partial charge on any atom is 0.490 e. The van der Waals surface area contributed by atoms with E-state index < -0.39 is 30.1 Å². The van der Waals surface area contributed by atoms with Gasteiger partial charge < -0.3 is 31.5 Å². The number of urea groups is 1. The minimum atomic E-state index is -5.08. The van der Waals surface area contributed by atoms with Crippen molar-refractivity contribution in [2.75, 3.05) is 13.1 Å². The molecule has 4 amide bonds. The van der Waals surface area contributed by atoms with Crippen LogP contribution < -0.4 is 21.3 Å². The summed E-state index contributed by atoms with van der Waals surface area (Å²) in [5.74, 6) is -4.64. The van der Waals surface area contributed by atoms with Crippen LogP contribution in [0.1, 0.15) is 42.0 Å². The molecule has 0 bridgehead atoms. The summed E-state index contributed by atoms with van der Waals surface area (Å²) in [6.07, 6.45) is -4.84. The lowest BCUT2D eigenvalue weighted by atomic mass is 9.99. The highest BCUT2D eigenvalue weighted by Gasteiger charge is 2.38. The number of amides is 4. The molecule has 0 fully saturated rings. The van der Waals surface area contributed by atoms with Crippen molar-refractivity contribution in [3.05, 3.63) is 95.6 Å². The normalized spacial score (nSPS) is 11.2. The van der Waals surface area contributed by atoms with Crippen molar-refractivity contribution >= 4 is 29.8 Å². The van der Waals surface area contributed by atoms with Crippen molar-refractivity contribution in [3.63, 3.8) is 0 Å². The van der Waals surface area contributed by atoms with Crippen LogP contribution in [0.25, 0.3) is 11.1 Å². The van der Waals surface area contributed by atoms with Crippen LogP contribution in [0.4, 0.5) is 18.0 Å². The van der Waals surface area contributed by atoms with Gasteiger partial charge in [0.25, 0.3) is 0 Å². The molecular weight excluding hydrogens is 609 g/mol. The van der Waals surface area contributed by atoms with Crippen molar-refractivity contribution < 1.29 is 47.4 Å². The molecule has 0 aliphatic heterocycles. The van der Waals surface area contributed by atoms with Crippen LogP contribution in [-0.4, -0.2) is 59.3 Å². The van der Waals surface area contributed by atoms with Gasteiger partial charge in [0.2, 0.25) is 11.8 Å². The molecule has 0 saturated carbocycles. The summed E-state index contributed by atoms with van der Waals surface area (Å²) in [6.45, 7) is 2.42. The third-order valence-corrected chi connectivity index (χ3v) is 6.22. The van der Waals surface area contributed by atoms with E-state index in [1.165, 1.54) is 0 Å². The zero-order chi connectivity index (χ0) is 34.1. The predicted molar refractivity (Wildman–Crippen MR) is 162 cm³/mol. The molecule has 246 valence electrons. The molecule has 0 spiro atoms. The molecule has 0 heterocycles. The lowest BCUT2D eigenvalue weighted by molar-refractivity contribution is -0.192. The molecule has 0 aromatic heterocycles. The number of carboxylic acid groups (broad SMARTS) is 2. The summed E-state index contributed by atoms with van der Waals surface area (Å²) in [5, 5.41) is 27.1. The van der Waals surface area contributed by atoms with Crippen LogP contribution >= 0.6 is 0 Å². The topological polar surface area (TPSA) is 174 Å². The Morgan fingerprint density at radius 1 is 0.783 bits per heavy atom. The van der Waals surface area contributed by atoms with E-state index in [0.717, 1.165) is 22.3 Å². The highest BCUT2D eigenvalue weighted by molar-refractivity contribution is 5.85.